The number of thioether (sulfide) groups is 1. The van der Waals surface area contributed by atoms with Crippen LogP contribution >= 0.6 is 23.4 Å². The molecule has 4 heteroatoms. The Morgan fingerprint density at radius 1 is 1.47 bits per heavy atom. The Morgan fingerprint density at radius 3 is 3.00 bits per heavy atom. The van der Waals surface area contributed by atoms with Gasteiger partial charge in [-0.1, -0.05) is 36.7 Å². The van der Waals surface area contributed by atoms with Crippen molar-refractivity contribution in [3.63, 3.8) is 0 Å². The van der Waals surface area contributed by atoms with Crippen LogP contribution in [0.3, 0.4) is 0 Å². The molecule has 0 spiro atoms. The summed E-state index contributed by atoms with van der Waals surface area (Å²) in [4.78, 5) is 0. The maximum absolute atomic E-state index is 6.18. The van der Waals surface area contributed by atoms with Gasteiger partial charge in [-0.3, -0.25) is 0 Å². The summed E-state index contributed by atoms with van der Waals surface area (Å²) in [5, 5.41) is 4.47. The minimum atomic E-state index is 0.556. The Hall–Kier alpha value is -0.220. The molecule has 1 aliphatic rings. The van der Waals surface area contributed by atoms with Crippen LogP contribution in [0.15, 0.2) is 24.3 Å². The van der Waals surface area contributed by atoms with E-state index in [1.54, 1.807) is 0 Å². The van der Waals surface area contributed by atoms with Crippen molar-refractivity contribution in [2.75, 3.05) is 25.5 Å². The molecule has 1 aliphatic heterocycles. The van der Waals surface area contributed by atoms with Gasteiger partial charge in [0.15, 0.2) is 0 Å². The van der Waals surface area contributed by atoms with Gasteiger partial charge in [-0.15, -0.1) is 0 Å². The quantitative estimate of drug-likeness (QED) is 0.831. The minimum absolute atomic E-state index is 0.556. The number of benzene rings is 1. The van der Waals surface area contributed by atoms with E-state index in [-0.39, 0.29) is 0 Å². The predicted octanol–water partition coefficient (Wildman–Crippen LogP) is 3.59. The minimum Gasteiger partial charge on any atom is -0.381 e. The van der Waals surface area contributed by atoms with Gasteiger partial charge in [0.1, 0.15) is 0 Å². The Kier molecular flexibility index (Phi) is 6.51. The molecule has 1 heterocycles. The zero-order valence-corrected chi connectivity index (χ0v) is 13.0. The molecule has 0 bridgehead atoms. The lowest BCUT2D eigenvalue weighted by Crippen LogP contribution is -2.38. The van der Waals surface area contributed by atoms with Gasteiger partial charge in [-0.05, 0) is 24.6 Å². The highest BCUT2D eigenvalue weighted by Crippen LogP contribution is 2.24. The normalized spacial score (nSPS) is 20.6. The van der Waals surface area contributed by atoms with Crippen molar-refractivity contribution < 1.29 is 4.74 Å². The molecule has 1 aromatic carbocycles. The second-order valence-corrected chi connectivity index (χ2v) is 6.33. The summed E-state index contributed by atoms with van der Waals surface area (Å²) >= 11 is 8.13. The first-order valence-corrected chi connectivity index (χ1v) is 8.46. The van der Waals surface area contributed by atoms with Gasteiger partial charge >= 0.3 is 0 Å². The first-order valence-electron chi connectivity index (χ1n) is 6.93. The number of rotatable bonds is 7. The molecule has 1 saturated heterocycles. The second-order valence-electron chi connectivity index (χ2n) is 4.89. The molecule has 0 aliphatic carbocycles. The van der Waals surface area contributed by atoms with E-state index >= 15 is 0 Å². The van der Waals surface area contributed by atoms with Crippen LogP contribution in [0.2, 0.25) is 5.02 Å². The molecule has 2 atom stereocenters. The molecule has 1 aromatic rings. The highest BCUT2D eigenvalue weighted by molar-refractivity contribution is 7.98. The average molecular weight is 300 g/mol. The van der Waals surface area contributed by atoms with E-state index in [1.165, 1.54) is 12.0 Å². The molecule has 0 aromatic heterocycles. The number of ether oxygens (including phenoxy) is 1. The highest BCUT2D eigenvalue weighted by atomic mass is 35.5. The summed E-state index contributed by atoms with van der Waals surface area (Å²) in [7, 11) is 0. The van der Waals surface area contributed by atoms with Crippen molar-refractivity contribution >= 4 is 23.4 Å². The molecule has 0 amide bonds. The largest absolute Gasteiger partial charge is 0.381 e. The molecule has 0 radical (unpaired) electrons. The number of hydrogen-bond acceptors (Lipinski definition) is 3. The lowest BCUT2D eigenvalue weighted by Gasteiger charge is -2.23. The van der Waals surface area contributed by atoms with Crippen LogP contribution in [-0.4, -0.2) is 31.6 Å². The number of halogens is 1. The van der Waals surface area contributed by atoms with Gasteiger partial charge in [-0.2, -0.15) is 11.8 Å². The van der Waals surface area contributed by atoms with E-state index in [4.69, 9.17) is 16.3 Å². The summed E-state index contributed by atoms with van der Waals surface area (Å²) in [5.74, 6) is 2.76. The van der Waals surface area contributed by atoms with Crippen molar-refractivity contribution in [1.82, 2.24) is 5.32 Å². The first-order chi connectivity index (χ1) is 9.31. The molecular formula is C15H22ClNOS. The molecular weight excluding hydrogens is 278 g/mol. The maximum Gasteiger partial charge on any atom is 0.0510 e. The molecule has 1 N–H and O–H groups in total. The third-order valence-corrected chi connectivity index (χ3v) is 4.99. The van der Waals surface area contributed by atoms with Gasteiger partial charge in [0.25, 0.3) is 0 Å². The standard InChI is InChI=1S/C15H22ClNOS/c1-2-17-15(12-7-8-18-9-12)11-19-10-13-5-3-4-6-14(13)16/h3-6,12,15,17H,2,7-11H2,1H3. The van der Waals surface area contributed by atoms with Crippen LogP contribution in [0.1, 0.15) is 18.9 Å². The van der Waals surface area contributed by atoms with Crippen molar-refractivity contribution in [3.8, 4) is 0 Å². The van der Waals surface area contributed by atoms with E-state index in [2.05, 4.69) is 18.3 Å². The Labute approximate surface area is 125 Å². The van der Waals surface area contributed by atoms with Crippen LogP contribution in [0.4, 0.5) is 0 Å². The Bertz CT molecular complexity index is 382. The summed E-state index contributed by atoms with van der Waals surface area (Å²) in [6.45, 7) is 5.02. The molecule has 2 unspecified atom stereocenters. The van der Waals surface area contributed by atoms with E-state index in [9.17, 15) is 0 Å². The third-order valence-electron chi connectivity index (χ3n) is 3.51. The van der Waals surface area contributed by atoms with Crippen LogP contribution in [0, 0.1) is 5.92 Å². The molecule has 2 rings (SSSR count). The van der Waals surface area contributed by atoms with Gasteiger partial charge in [0.05, 0.1) is 6.61 Å². The predicted molar refractivity (Wildman–Crippen MR) is 84.0 cm³/mol. The van der Waals surface area contributed by atoms with Crippen molar-refractivity contribution in [1.29, 1.82) is 0 Å². The number of hydrogen-bond donors (Lipinski definition) is 1. The SMILES string of the molecule is CCNC(CSCc1ccccc1Cl)C1CCOC1. The Morgan fingerprint density at radius 2 is 2.32 bits per heavy atom. The van der Waals surface area contributed by atoms with Gasteiger partial charge in [0, 0.05) is 35.1 Å². The summed E-state index contributed by atoms with van der Waals surface area (Å²) in [6, 6.07) is 8.66. The zero-order valence-electron chi connectivity index (χ0n) is 11.4. The average Bonchev–Trinajstić information content (AvgIpc) is 2.94. The lowest BCUT2D eigenvalue weighted by molar-refractivity contribution is 0.179. The second kappa shape index (κ2) is 8.15. The van der Waals surface area contributed by atoms with Gasteiger partial charge in [0.2, 0.25) is 0 Å². The fraction of sp³-hybridized carbons (Fsp3) is 0.600. The van der Waals surface area contributed by atoms with Crippen molar-refractivity contribution in [2.24, 2.45) is 5.92 Å². The van der Waals surface area contributed by atoms with E-state index in [1.807, 2.05) is 30.0 Å². The lowest BCUT2D eigenvalue weighted by atomic mass is 10.0. The van der Waals surface area contributed by atoms with Crippen LogP contribution < -0.4 is 5.32 Å². The van der Waals surface area contributed by atoms with Gasteiger partial charge < -0.3 is 10.1 Å². The zero-order chi connectivity index (χ0) is 13.5. The number of nitrogens with one attached hydrogen (secondary N) is 1. The molecule has 1 fully saturated rings. The van der Waals surface area contributed by atoms with Crippen molar-refractivity contribution in [3.05, 3.63) is 34.9 Å². The van der Waals surface area contributed by atoms with E-state index < -0.39 is 0 Å². The topological polar surface area (TPSA) is 21.3 Å². The van der Waals surface area contributed by atoms with Crippen LogP contribution in [-0.2, 0) is 10.5 Å². The summed E-state index contributed by atoms with van der Waals surface area (Å²) < 4.78 is 5.50. The summed E-state index contributed by atoms with van der Waals surface area (Å²) in [6.07, 6.45) is 1.18. The maximum atomic E-state index is 6.18. The third kappa shape index (κ3) is 4.67. The van der Waals surface area contributed by atoms with Crippen LogP contribution in [0.5, 0.6) is 0 Å². The fourth-order valence-electron chi connectivity index (χ4n) is 2.41. The monoisotopic (exact) mass is 299 g/mol. The smallest absolute Gasteiger partial charge is 0.0510 e. The van der Waals surface area contributed by atoms with Crippen molar-refractivity contribution in [2.45, 2.75) is 25.1 Å². The van der Waals surface area contributed by atoms with E-state index in [0.717, 1.165) is 36.3 Å². The van der Waals surface area contributed by atoms with E-state index in [0.29, 0.717) is 12.0 Å². The summed E-state index contributed by atoms with van der Waals surface area (Å²) in [5.41, 5.74) is 1.23. The molecule has 19 heavy (non-hydrogen) atoms. The molecule has 2 nitrogen and oxygen atoms in total. The van der Waals surface area contributed by atoms with Gasteiger partial charge in [-0.25, -0.2) is 0 Å². The van der Waals surface area contributed by atoms with Crippen LogP contribution in [0.25, 0.3) is 0 Å². The fourth-order valence-corrected chi connectivity index (χ4v) is 3.92. The first kappa shape index (κ1) is 15.2. The molecule has 106 valence electrons. The Balaban J connectivity index is 1.80. The molecule has 0 saturated carbocycles. The highest BCUT2D eigenvalue weighted by Gasteiger charge is 2.24.